The van der Waals surface area contributed by atoms with Crippen molar-refractivity contribution in [2.75, 3.05) is 11.9 Å². The molecular formula is C14H11FINO2. The van der Waals surface area contributed by atoms with Crippen LogP contribution in [0, 0.1) is 9.39 Å². The number of hydrogen-bond acceptors (Lipinski definition) is 2. The number of anilines is 1. The van der Waals surface area contributed by atoms with Crippen LogP contribution in [0.3, 0.4) is 0 Å². The van der Waals surface area contributed by atoms with Crippen LogP contribution in [0.25, 0.3) is 0 Å². The van der Waals surface area contributed by atoms with E-state index in [2.05, 4.69) is 27.9 Å². The maximum atomic E-state index is 13.3. The summed E-state index contributed by atoms with van der Waals surface area (Å²) >= 11 is 2.12. The lowest BCUT2D eigenvalue weighted by Gasteiger charge is -2.09. The molecule has 2 rings (SSSR count). The molecule has 0 aliphatic carbocycles. The highest BCUT2D eigenvalue weighted by atomic mass is 127. The molecule has 1 amide bonds. The van der Waals surface area contributed by atoms with Crippen LogP contribution in [-0.4, -0.2) is 12.5 Å². The molecule has 2 aromatic carbocycles. The van der Waals surface area contributed by atoms with E-state index in [9.17, 15) is 9.18 Å². The number of nitrogens with one attached hydrogen (secondary N) is 1. The molecule has 0 unspecified atom stereocenters. The second-order valence-corrected chi connectivity index (χ2v) is 4.91. The van der Waals surface area contributed by atoms with Gasteiger partial charge in [0, 0.05) is 0 Å². The molecule has 0 aliphatic rings. The van der Waals surface area contributed by atoms with Crippen LogP contribution in [0.4, 0.5) is 10.1 Å². The molecule has 0 radical (unpaired) electrons. The third-order valence-electron chi connectivity index (χ3n) is 2.34. The fourth-order valence-electron chi connectivity index (χ4n) is 1.45. The number of para-hydroxylation sites is 2. The summed E-state index contributed by atoms with van der Waals surface area (Å²) in [5, 5.41) is 2.46. The van der Waals surface area contributed by atoms with Crippen LogP contribution in [0.15, 0.2) is 48.5 Å². The highest BCUT2D eigenvalue weighted by Crippen LogP contribution is 2.19. The Bertz CT molecular complexity index is 589. The molecule has 0 saturated heterocycles. The van der Waals surface area contributed by atoms with Crippen LogP contribution >= 0.6 is 22.6 Å². The zero-order valence-electron chi connectivity index (χ0n) is 9.90. The zero-order chi connectivity index (χ0) is 13.7. The van der Waals surface area contributed by atoms with E-state index in [0.29, 0.717) is 5.75 Å². The maximum Gasteiger partial charge on any atom is 0.262 e. The molecule has 0 aliphatic heterocycles. The van der Waals surface area contributed by atoms with Crippen LogP contribution < -0.4 is 10.1 Å². The Labute approximate surface area is 123 Å². The average Bonchev–Trinajstić information content (AvgIpc) is 2.40. The molecule has 0 aromatic heterocycles. The average molecular weight is 371 g/mol. The molecule has 0 bridgehead atoms. The number of halogens is 2. The van der Waals surface area contributed by atoms with E-state index in [1.165, 1.54) is 12.1 Å². The van der Waals surface area contributed by atoms with Crippen molar-refractivity contribution < 1.29 is 13.9 Å². The van der Waals surface area contributed by atoms with Gasteiger partial charge in [0.1, 0.15) is 11.6 Å². The van der Waals surface area contributed by atoms with Crippen molar-refractivity contribution in [3.8, 4) is 5.75 Å². The first kappa shape index (κ1) is 13.8. The lowest BCUT2D eigenvalue weighted by Crippen LogP contribution is -2.21. The second-order valence-electron chi connectivity index (χ2n) is 3.75. The van der Waals surface area contributed by atoms with Crippen molar-refractivity contribution in [2.24, 2.45) is 0 Å². The van der Waals surface area contributed by atoms with Gasteiger partial charge in [0.05, 0.1) is 9.26 Å². The minimum Gasteiger partial charge on any atom is -0.483 e. The molecular weight excluding hydrogens is 360 g/mol. The Hall–Kier alpha value is -1.63. The van der Waals surface area contributed by atoms with Gasteiger partial charge in [-0.1, -0.05) is 24.3 Å². The van der Waals surface area contributed by atoms with Crippen LogP contribution in [0.2, 0.25) is 0 Å². The first-order valence-electron chi connectivity index (χ1n) is 5.58. The van der Waals surface area contributed by atoms with Crippen LogP contribution in [0.1, 0.15) is 0 Å². The second kappa shape index (κ2) is 6.51. The van der Waals surface area contributed by atoms with Gasteiger partial charge in [0.2, 0.25) is 0 Å². The minimum absolute atomic E-state index is 0.152. The van der Waals surface area contributed by atoms with Crippen molar-refractivity contribution >= 4 is 34.2 Å². The number of carbonyl (C=O) groups excluding carboxylic acids is 1. The number of benzene rings is 2. The van der Waals surface area contributed by atoms with E-state index in [0.717, 1.165) is 3.57 Å². The highest BCUT2D eigenvalue weighted by Gasteiger charge is 2.08. The fourth-order valence-corrected chi connectivity index (χ4v) is 2.00. The summed E-state index contributed by atoms with van der Waals surface area (Å²) in [6, 6.07) is 13.4. The van der Waals surface area contributed by atoms with E-state index in [1.807, 2.05) is 18.2 Å². The molecule has 0 spiro atoms. The topological polar surface area (TPSA) is 38.3 Å². The zero-order valence-corrected chi connectivity index (χ0v) is 12.1. The number of amides is 1. The predicted octanol–water partition coefficient (Wildman–Crippen LogP) is 3.45. The SMILES string of the molecule is O=C(COc1ccccc1I)Nc1ccccc1F. The predicted molar refractivity (Wildman–Crippen MR) is 79.7 cm³/mol. The Morgan fingerprint density at radius 1 is 1.16 bits per heavy atom. The van der Waals surface area contributed by atoms with Gasteiger partial charge in [-0.3, -0.25) is 4.79 Å². The molecule has 2 aromatic rings. The normalized spacial score (nSPS) is 10.0. The van der Waals surface area contributed by atoms with Crippen molar-refractivity contribution in [1.29, 1.82) is 0 Å². The maximum absolute atomic E-state index is 13.3. The van der Waals surface area contributed by atoms with Gasteiger partial charge in [-0.2, -0.15) is 0 Å². The van der Waals surface area contributed by atoms with Crippen molar-refractivity contribution in [3.63, 3.8) is 0 Å². The van der Waals surface area contributed by atoms with Gasteiger partial charge >= 0.3 is 0 Å². The summed E-state index contributed by atoms with van der Waals surface area (Å²) in [6.45, 7) is -0.158. The number of hydrogen-bond donors (Lipinski definition) is 1. The lowest BCUT2D eigenvalue weighted by molar-refractivity contribution is -0.118. The molecule has 3 nitrogen and oxygen atoms in total. The summed E-state index contributed by atoms with van der Waals surface area (Å²) in [7, 11) is 0. The quantitative estimate of drug-likeness (QED) is 0.837. The van der Waals surface area contributed by atoms with E-state index in [4.69, 9.17) is 4.74 Å². The monoisotopic (exact) mass is 371 g/mol. The summed E-state index contributed by atoms with van der Waals surface area (Å²) in [6.07, 6.45) is 0. The fraction of sp³-hybridized carbons (Fsp3) is 0.0714. The van der Waals surface area contributed by atoms with Crippen molar-refractivity contribution in [2.45, 2.75) is 0 Å². The highest BCUT2D eigenvalue weighted by molar-refractivity contribution is 14.1. The Morgan fingerprint density at radius 2 is 1.84 bits per heavy atom. The number of rotatable bonds is 4. The summed E-state index contributed by atoms with van der Waals surface area (Å²) in [5.41, 5.74) is 0.152. The molecule has 0 atom stereocenters. The summed E-state index contributed by atoms with van der Waals surface area (Å²) < 4.78 is 19.6. The molecule has 98 valence electrons. The molecule has 19 heavy (non-hydrogen) atoms. The van der Waals surface area contributed by atoms with Gasteiger partial charge < -0.3 is 10.1 Å². The molecule has 0 saturated carbocycles. The standard InChI is InChI=1S/C14H11FINO2/c15-10-5-1-3-7-12(10)17-14(18)9-19-13-8-4-2-6-11(13)16/h1-8H,9H2,(H,17,18). The van der Waals surface area contributed by atoms with E-state index in [-0.39, 0.29) is 12.3 Å². The Balaban J connectivity index is 1.92. The third kappa shape index (κ3) is 3.92. The third-order valence-corrected chi connectivity index (χ3v) is 3.23. The molecule has 0 heterocycles. The van der Waals surface area contributed by atoms with Gasteiger partial charge in [-0.15, -0.1) is 0 Å². The largest absolute Gasteiger partial charge is 0.483 e. The van der Waals surface area contributed by atoms with E-state index in [1.54, 1.807) is 18.2 Å². The Kier molecular flexibility index (Phi) is 4.73. The van der Waals surface area contributed by atoms with E-state index >= 15 is 0 Å². The molecule has 1 N–H and O–H groups in total. The molecule has 0 fully saturated rings. The van der Waals surface area contributed by atoms with Gasteiger partial charge in [0.25, 0.3) is 5.91 Å². The van der Waals surface area contributed by atoms with Gasteiger partial charge in [0.15, 0.2) is 6.61 Å². The lowest BCUT2D eigenvalue weighted by atomic mass is 10.3. The first-order chi connectivity index (χ1) is 9.16. The Morgan fingerprint density at radius 3 is 2.58 bits per heavy atom. The van der Waals surface area contributed by atoms with Gasteiger partial charge in [-0.05, 0) is 46.9 Å². The minimum atomic E-state index is -0.467. The van der Waals surface area contributed by atoms with E-state index < -0.39 is 11.7 Å². The van der Waals surface area contributed by atoms with Crippen molar-refractivity contribution in [3.05, 3.63) is 57.9 Å². The van der Waals surface area contributed by atoms with Crippen LogP contribution in [0.5, 0.6) is 5.75 Å². The molecule has 5 heteroatoms. The summed E-state index contributed by atoms with van der Waals surface area (Å²) in [4.78, 5) is 11.6. The summed E-state index contributed by atoms with van der Waals surface area (Å²) in [5.74, 6) is -0.235. The smallest absolute Gasteiger partial charge is 0.262 e. The van der Waals surface area contributed by atoms with Crippen molar-refractivity contribution in [1.82, 2.24) is 0 Å². The number of ether oxygens (including phenoxy) is 1. The number of carbonyl (C=O) groups is 1. The first-order valence-corrected chi connectivity index (χ1v) is 6.66. The van der Waals surface area contributed by atoms with Gasteiger partial charge in [-0.25, -0.2) is 4.39 Å². The van der Waals surface area contributed by atoms with Crippen LogP contribution in [-0.2, 0) is 4.79 Å².